The summed E-state index contributed by atoms with van der Waals surface area (Å²) in [5.41, 5.74) is 2.22. The number of amides is 1. The molecule has 1 amide bonds. The molecule has 0 aromatic heterocycles. The first-order valence-electron chi connectivity index (χ1n) is 6.96. The van der Waals surface area contributed by atoms with Crippen molar-refractivity contribution in [3.05, 3.63) is 29.8 Å². The lowest BCUT2D eigenvalue weighted by atomic mass is 9.92. The van der Waals surface area contributed by atoms with E-state index < -0.39 is 0 Å². The predicted molar refractivity (Wildman–Crippen MR) is 79.7 cm³/mol. The molecule has 1 aliphatic rings. The van der Waals surface area contributed by atoms with Crippen LogP contribution in [0.2, 0.25) is 0 Å². The molecule has 0 heterocycles. The van der Waals surface area contributed by atoms with Gasteiger partial charge in [-0.25, -0.2) is 0 Å². The van der Waals surface area contributed by atoms with Crippen molar-refractivity contribution in [2.75, 3.05) is 19.0 Å². The summed E-state index contributed by atoms with van der Waals surface area (Å²) in [6.07, 6.45) is 3.36. The minimum atomic E-state index is 0.0491. The lowest BCUT2D eigenvalue weighted by Crippen LogP contribution is -2.33. The summed E-state index contributed by atoms with van der Waals surface area (Å²) < 4.78 is 0. The van der Waals surface area contributed by atoms with E-state index in [2.05, 4.69) is 19.2 Å². The number of carbonyl (C=O) groups is 1. The average Bonchev–Trinajstić information content (AvgIpc) is 2.68. The molecule has 1 aliphatic carbocycles. The van der Waals surface area contributed by atoms with Crippen LogP contribution in [0, 0.1) is 5.41 Å². The highest BCUT2D eigenvalue weighted by atomic mass is 16.1. The van der Waals surface area contributed by atoms with E-state index >= 15 is 0 Å². The van der Waals surface area contributed by atoms with Gasteiger partial charge in [-0.15, -0.1) is 0 Å². The Labute approximate surface area is 116 Å². The molecule has 1 unspecified atom stereocenters. The van der Waals surface area contributed by atoms with Gasteiger partial charge in [-0.05, 0) is 48.9 Å². The molecule has 0 spiro atoms. The average molecular weight is 260 g/mol. The van der Waals surface area contributed by atoms with Crippen molar-refractivity contribution in [1.29, 1.82) is 0 Å². The van der Waals surface area contributed by atoms with Gasteiger partial charge in [0.25, 0.3) is 5.91 Å². The van der Waals surface area contributed by atoms with Gasteiger partial charge in [-0.1, -0.05) is 13.8 Å². The number of hydrogen-bond donors (Lipinski definition) is 1. The molecule has 2 rings (SSSR count). The SMILES string of the molecule is CN(C)c1ccc(C(=O)NC2CCC(C)(C)C2)cc1. The van der Waals surface area contributed by atoms with E-state index in [9.17, 15) is 4.79 Å². The van der Waals surface area contributed by atoms with Crippen LogP contribution in [0.15, 0.2) is 24.3 Å². The maximum atomic E-state index is 12.2. The topological polar surface area (TPSA) is 32.3 Å². The molecule has 1 aromatic carbocycles. The van der Waals surface area contributed by atoms with Crippen molar-refractivity contribution < 1.29 is 4.79 Å². The van der Waals surface area contributed by atoms with Crippen molar-refractivity contribution in [2.24, 2.45) is 5.41 Å². The molecule has 3 nitrogen and oxygen atoms in total. The lowest BCUT2D eigenvalue weighted by molar-refractivity contribution is 0.0936. The van der Waals surface area contributed by atoms with Crippen molar-refractivity contribution in [2.45, 2.75) is 39.2 Å². The van der Waals surface area contributed by atoms with Crippen LogP contribution >= 0.6 is 0 Å². The van der Waals surface area contributed by atoms with Crippen LogP contribution in [0.1, 0.15) is 43.5 Å². The lowest BCUT2D eigenvalue weighted by Gasteiger charge is -2.18. The van der Waals surface area contributed by atoms with Crippen molar-refractivity contribution in [3.8, 4) is 0 Å². The quantitative estimate of drug-likeness (QED) is 0.906. The molecule has 0 bridgehead atoms. The number of nitrogens with one attached hydrogen (secondary N) is 1. The highest BCUT2D eigenvalue weighted by molar-refractivity contribution is 5.94. The summed E-state index contributed by atoms with van der Waals surface area (Å²) in [5.74, 6) is 0.0491. The molecule has 19 heavy (non-hydrogen) atoms. The Kier molecular flexibility index (Phi) is 3.83. The largest absolute Gasteiger partial charge is 0.378 e. The zero-order chi connectivity index (χ0) is 14.0. The second kappa shape index (κ2) is 5.24. The highest BCUT2D eigenvalue weighted by Gasteiger charge is 2.31. The van der Waals surface area contributed by atoms with Gasteiger partial charge < -0.3 is 10.2 Å². The van der Waals surface area contributed by atoms with E-state index in [1.54, 1.807) is 0 Å². The number of rotatable bonds is 3. The molecule has 3 heteroatoms. The molecule has 1 N–H and O–H groups in total. The molecule has 0 radical (unpaired) electrons. The third kappa shape index (κ3) is 3.49. The monoisotopic (exact) mass is 260 g/mol. The van der Waals surface area contributed by atoms with Crippen LogP contribution in [0.25, 0.3) is 0 Å². The third-order valence-corrected chi connectivity index (χ3v) is 3.95. The van der Waals surface area contributed by atoms with Crippen LogP contribution in [-0.2, 0) is 0 Å². The van der Waals surface area contributed by atoms with E-state index in [0.717, 1.165) is 24.1 Å². The van der Waals surface area contributed by atoms with Gasteiger partial charge >= 0.3 is 0 Å². The number of carbonyl (C=O) groups excluding carboxylic acids is 1. The second-order valence-electron chi connectivity index (χ2n) is 6.52. The number of nitrogens with zero attached hydrogens (tertiary/aromatic N) is 1. The Morgan fingerprint density at radius 3 is 2.37 bits per heavy atom. The first-order valence-corrected chi connectivity index (χ1v) is 6.96. The van der Waals surface area contributed by atoms with Gasteiger partial charge in [-0.2, -0.15) is 0 Å². The zero-order valence-corrected chi connectivity index (χ0v) is 12.4. The van der Waals surface area contributed by atoms with Crippen molar-refractivity contribution in [1.82, 2.24) is 5.32 Å². The Bertz CT molecular complexity index is 448. The first kappa shape index (κ1) is 13.9. The minimum Gasteiger partial charge on any atom is -0.378 e. The molecule has 0 aliphatic heterocycles. The first-order chi connectivity index (χ1) is 8.87. The molecular formula is C16H24N2O. The van der Waals surface area contributed by atoms with Gasteiger partial charge in [0.2, 0.25) is 0 Å². The van der Waals surface area contributed by atoms with E-state index in [0.29, 0.717) is 11.5 Å². The molecule has 104 valence electrons. The normalized spacial score (nSPS) is 21.2. The Balaban J connectivity index is 1.97. The second-order valence-corrected chi connectivity index (χ2v) is 6.52. The number of hydrogen-bond acceptors (Lipinski definition) is 2. The van der Waals surface area contributed by atoms with Gasteiger partial charge in [0, 0.05) is 31.4 Å². The predicted octanol–water partition coefficient (Wildman–Crippen LogP) is 3.06. The summed E-state index contributed by atoms with van der Waals surface area (Å²) >= 11 is 0. The number of benzene rings is 1. The Morgan fingerprint density at radius 1 is 1.26 bits per heavy atom. The fraction of sp³-hybridized carbons (Fsp3) is 0.562. The maximum absolute atomic E-state index is 12.2. The Morgan fingerprint density at radius 2 is 1.89 bits per heavy atom. The van der Waals surface area contributed by atoms with Crippen LogP contribution in [0.4, 0.5) is 5.69 Å². The van der Waals surface area contributed by atoms with Gasteiger partial charge in [0.05, 0.1) is 0 Å². The Hall–Kier alpha value is -1.51. The highest BCUT2D eigenvalue weighted by Crippen LogP contribution is 2.36. The summed E-state index contributed by atoms with van der Waals surface area (Å²) in [6, 6.07) is 8.08. The van der Waals surface area contributed by atoms with Crippen LogP contribution in [-0.4, -0.2) is 26.0 Å². The fourth-order valence-corrected chi connectivity index (χ4v) is 2.74. The van der Waals surface area contributed by atoms with E-state index in [1.807, 2.05) is 43.3 Å². The number of anilines is 1. The van der Waals surface area contributed by atoms with E-state index in [1.165, 1.54) is 6.42 Å². The maximum Gasteiger partial charge on any atom is 0.251 e. The van der Waals surface area contributed by atoms with E-state index in [-0.39, 0.29) is 5.91 Å². The molecule has 1 aromatic rings. The molecule has 1 atom stereocenters. The summed E-state index contributed by atoms with van der Waals surface area (Å²) in [7, 11) is 3.99. The summed E-state index contributed by atoms with van der Waals surface area (Å²) in [6.45, 7) is 4.54. The molecule has 0 saturated heterocycles. The fourth-order valence-electron chi connectivity index (χ4n) is 2.74. The van der Waals surface area contributed by atoms with Crippen molar-refractivity contribution >= 4 is 11.6 Å². The third-order valence-electron chi connectivity index (χ3n) is 3.95. The smallest absolute Gasteiger partial charge is 0.251 e. The standard InChI is InChI=1S/C16H24N2O/c1-16(2)10-9-13(11-16)17-15(19)12-5-7-14(8-6-12)18(3)4/h5-8,13H,9-11H2,1-4H3,(H,17,19). The molecule has 1 saturated carbocycles. The van der Waals surface area contributed by atoms with Gasteiger partial charge in [0.1, 0.15) is 0 Å². The summed E-state index contributed by atoms with van der Waals surface area (Å²) in [5, 5.41) is 3.15. The molecular weight excluding hydrogens is 236 g/mol. The van der Waals surface area contributed by atoms with Crippen LogP contribution in [0.5, 0.6) is 0 Å². The molecule has 1 fully saturated rings. The van der Waals surface area contributed by atoms with E-state index in [4.69, 9.17) is 0 Å². The van der Waals surface area contributed by atoms with Gasteiger partial charge in [-0.3, -0.25) is 4.79 Å². The minimum absolute atomic E-state index is 0.0491. The van der Waals surface area contributed by atoms with Crippen LogP contribution < -0.4 is 10.2 Å². The van der Waals surface area contributed by atoms with Crippen molar-refractivity contribution in [3.63, 3.8) is 0 Å². The van der Waals surface area contributed by atoms with Gasteiger partial charge in [0.15, 0.2) is 0 Å². The van der Waals surface area contributed by atoms with Crippen LogP contribution in [0.3, 0.4) is 0 Å². The zero-order valence-electron chi connectivity index (χ0n) is 12.4. The summed E-state index contributed by atoms with van der Waals surface area (Å²) in [4.78, 5) is 14.2.